The topological polar surface area (TPSA) is 156 Å². The number of hydrogen-bond acceptors (Lipinski definition) is 9. The fourth-order valence-corrected chi connectivity index (χ4v) is 5.51. The molecule has 0 unspecified atom stereocenters. The van der Waals surface area contributed by atoms with Crippen LogP contribution in [-0.4, -0.2) is 82.4 Å². The maximum absolute atomic E-state index is 13.5. The maximum atomic E-state index is 13.5. The van der Waals surface area contributed by atoms with Crippen molar-refractivity contribution in [1.82, 2.24) is 24.5 Å². The molecule has 5 rings (SSSR count). The fraction of sp³-hybridized carbons (Fsp3) is 0.409. The van der Waals surface area contributed by atoms with Crippen LogP contribution in [0.3, 0.4) is 0 Å². The van der Waals surface area contributed by atoms with Gasteiger partial charge in [-0.3, -0.25) is 14.6 Å². The summed E-state index contributed by atoms with van der Waals surface area (Å²) < 4.78 is 37.8. The van der Waals surface area contributed by atoms with Gasteiger partial charge in [-0.2, -0.15) is 0 Å². The molecule has 0 saturated carbocycles. The van der Waals surface area contributed by atoms with Crippen molar-refractivity contribution in [2.45, 2.75) is 18.1 Å². The van der Waals surface area contributed by atoms with Crippen molar-refractivity contribution >= 4 is 44.5 Å². The number of hydrogen-bond donors (Lipinski definition) is 2. The van der Waals surface area contributed by atoms with E-state index < -0.39 is 26.8 Å². The number of piperidine rings is 1. The number of anilines is 3. The molecule has 0 aromatic carbocycles. The Bertz CT molecular complexity index is 1450. The summed E-state index contributed by atoms with van der Waals surface area (Å²) in [4.78, 5) is 37.6. The van der Waals surface area contributed by atoms with Gasteiger partial charge in [-0.1, -0.05) is 0 Å². The van der Waals surface area contributed by atoms with Gasteiger partial charge in [0.15, 0.2) is 27.1 Å². The maximum Gasteiger partial charge on any atom is 0.263 e. The van der Waals surface area contributed by atoms with Crippen molar-refractivity contribution in [1.29, 1.82) is 0 Å². The summed E-state index contributed by atoms with van der Waals surface area (Å²) in [6.45, 7) is 1.66. The van der Waals surface area contributed by atoms with Crippen molar-refractivity contribution in [2.75, 3.05) is 48.4 Å². The summed E-state index contributed by atoms with van der Waals surface area (Å²) in [6, 6.07) is 1.77. The predicted molar refractivity (Wildman–Crippen MR) is 130 cm³/mol. The molecule has 36 heavy (non-hydrogen) atoms. The lowest BCUT2D eigenvalue weighted by molar-refractivity contribution is -0.139. The molecule has 0 aliphatic carbocycles. The van der Waals surface area contributed by atoms with Crippen LogP contribution < -0.4 is 16.0 Å². The van der Waals surface area contributed by atoms with Crippen molar-refractivity contribution in [2.24, 2.45) is 5.92 Å². The highest BCUT2D eigenvalue weighted by atomic mass is 32.2. The van der Waals surface area contributed by atoms with E-state index in [2.05, 4.69) is 25.3 Å². The number of nitrogens with two attached hydrogens (primary N) is 1. The number of aromatic nitrogens is 4. The summed E-state index contributed by atoms with van der Waals surface area (Å²) in [5, 5.41) is 6.29. The summed E-state index contributed by atoms with van der Waals surface area (Å²) in [6.07, 6.45) is 7.60. The number of halogens is 1. The van der Waals surface area contributed by atoms with E-state index in [9.17, 15) is 22.4 Å². The largest absolute Gasteiger partial charge is 0.381 e. The Morgan fingerprint density at radius 2 is 1.92 bits per heavy atom. The number of fused-ring (bicyclic) bond motifs is 1. The van der Waals surface area contributed by atoms with Gasteiger partial charge in [0.2, 0.25) is 5.91 Å². The summed E-state index contributed by atoms with van der Waals surface area (Å²) in [5.41, 5.74) is 7.24. The van der Waals surface area contributed by atoms with Crippen molar-refractivity contribution in [3.63, 3.8) is 0 Å². The minimum absolute atomic E-state index is 0.00898. The van der Waals surface area contributed by atoms with E-state index >= 15 is 0 Å². The van der Waals surface area contributed by atoms with Gasteiger partial charge >= 0.3 is 0 Å². The number of carbonyl (C=O) groups excluding carboxylic acids is 2. The van der Waals surface area contributed by atoms with E-state index in [0.717, 1.165) is 22.6 Å². The van der Waals surface area contributed by atoms with E-state index in [0.29, 0.717) is 31.6 Å². The number of amides is 2. The molecular weight excluding hydrogens is 491 g/mol. The van der Waals surface area contributed by atoms with Crippen LogP contribution in [0.4, 0.5) is 21.6 Å². The van der Waals surface area contributed by atoms with Gasteiger partial charge < -0.3 is 20.9 Å². The predicted octanol–water partition coefficient (Wildman–Crippen LogP) is 0.570. The van der Waals surface area contributed by atoms with Gasteiger partial charge in [-0.15, -0.1) is 5.10 Å². The third-order valence-corrected chi connectivity index (χ3v) is 8.20. The monoisotopic (exact) mass is 516 g/mol. The van der Waals surface area contributed by atoms with E-state index in [4.69, 9.17) is 5.73 Å². The molecule has 12 nitrogen and oxygen atoms in total. The average Bonchev–Trinajstić information content (AvgIpc) is 3.12. The number of likely N-dealkylation sites (tertiary alicyclic amines) is 1. The summed E-state index contributed by atoms with van der Waals surface area (Å²) in [7, 11) is -3.13. The molecular formula is C22H25FN8O4S. The molecule has 190 valence electrons. The zero-order chi connectivity index (χ0) is 25.6. The van der Waals surface area contributed by atoms with Crippen LogP contribution in [0, 0.1) is 11.7 Å². The van der Waals surface area contributed by atoms with E-state index in [1.54, 1.807) is 17.2 Å². The Morgan fingerprint density at radius 3 is 2.61 bits per heavy atom. The van der Waals surface area contributed by atoms with E-state index in [1.807, 2.05) is 0 Å². The number of carbonyl (C=O) groups is 2. The van der Waals surface area contributed by atoms with Gasteiger partial charge in [-0.05, 0) is 18.9 Å². The van der Waals surface area contributed by atoms with Crippen LogP contribution in [0.1, 0.15) is 23.2 Å². The molecule has 2 saturated heterocycles. The number of nitrogens with one attached hydrogen (secondary N) is 1. The third-order valence-electron chi connectivity index (χ3n) is 6.69. The summed E-state index contributed by atoms with van der Waals surface area (Å²) in [5.74, 6) is -1.44. The molecule has 14 heteroatoms. The molecule has 2 fully saturated rings. The Hall–Kier alpha value is -3.81. The molecule has 2 amide bonds. The zero-order valence-corrected chi connectivity index (χ0v) is 20.3. The van der Waals surface area contributed by atoms with Gasteiger partial charge in [0, 0.05) is 44.5 Å². The first-order valence-electron chi connectivity index (χ1n) is 11.4. The lowest BCUT2D eigenvalue weighted by atomic mass is 9.93. The Morgan fingerprint density at radius 1 is 1.19 bits per heavy atom. The van der Waals surface area contributed by atoms with Crippen molar-refractivity contribution in [3.8, 4) is 0 Å². The smallest absolute Gasteiger partial charge is 0.263 e. The highest BCUT2D eigenvalue weighted by molar-refractivity contribution is 7.91. The van der Waals surface area contributed by atoms with Crippen LogP contribution >= 0.6 is 0 Å². The number of rotatable bonds is 5. The highest BCUT2D eigenvalue weighted by Gasteiger charge is 2.40. The molecule has 3 aromatic heterocycles. The Balaban J connectivity index is 1.26. The lowest BCUT2D eigenvalue weighted by Crippen LogP contribution is -2.58. The molecule has 3 aromatic rings. The molecule has 0 radical (unpaired) electrons. The van der Waals surface area contributed by atoms with Gasteiger partial charge in [0.25, 0.3) is 5.91 Å². The van der Waals surface area contributed by atoms with Crippen LogP contribution in [0.15, 0.2) is 30.9 Å². The molecule has 3 N–H and O–H groups in total. The van der Waals surface area contributed by atoms with Gasteiger partial charge in [-0.25, -0.2) is 22.3 Å². The number of sulfone groups is 1. The first-order valence-corrected chi connectivity index (χ1v) is 13.3. The minimum Gasteiger partial charge on any atom is -0.381 e. The lowest BCUT2D eigenvalue weighted by Gasteiger charge is -2.42. The molecule has 2 aliphatic heterocycles. The Kier molecular flexibility index (Phi) is 5.98. The van der Waals surface area contributed by atoms with E-state index in [1.165, 1.54) is 12.5 Å². The van der Waals surface area contributed by atoms with Crippen LogP contribution in [0.25, 0.3) is 5.65 Å². The summed E-state index contributed by atoms with van der Waals surface area (Å²) >= 11 is 0. The van der Waals surface area contributed by atoms with Gasteiger partial charge in [0.05, 0.1) is 35.2 Å². The van der Waals surface area contributed by atoms with Crippen molar-refractivity contribution < 1.29 is 22.4 Å². The second-order valence-corrected chi connectivity index (χ2v) is 11.4. The molecule has 5 heterocycles. The second-order valence-electron chi connectivity index (χ2n) is 9.10. The minimum atomic E-state index is -3.13. The first-order chi connectivity index (χ1) is 17.1. The molecule has 0 atom stereocenters. The molecule has 2 aliphatic rings. The SMILES string of the molecule is CS(=O)(=O)C1CN(C(=O)C2CCN(c3ccncc3NC(=O)c3c(N)nn4cc(F)cnc34)CC2)C1. The quantitative estimate of drug-likeness (QED) is 0.495. The molecule has 0 spiro atoms. The number of pyridine rings is 1. The van der Waals surface area contributed by atoms with Gasteiger partial charge in [0.1, 0.15) is 5.56 Å². The third kappa shape index (κ3) is 4.43. The first kappa shape index (κ1) is 23.9. The number of nitrogens with zero attached hydrogens (tertiary/aromatic N) is 6. The standard InChI is InChI=1S/C22H25FN8O4S/c1-36(34,35)15-11-30(12-15)22(33)13-3-6-29(7-4-13)17-2-5-25-9-16(17)27-21(32)18-19(24)28-31-10-14(23)8-26-20(18)31/h2,5,8-10,13,15H,3-4,6-7,11-12H2,1H3,(H2,24,28)(H,27,32). The number of nitrogen functional groups attached to an aromatic ring is 1. The highest BCUT2D eigenvalue weighted by Crippen LogP contribution is 2.31. The van der Waals surface area contributed by atoms with Crippen LogP contribution in [0.5, 0.6) is 0 Å². The zero-order valence-electron chi connectivity index (χ0n) is 19.5. The molecule has 0 bridgehead atoms. The average molecular weight is 517 g/mol. The fourth-order valence-electron chi connectivity index (χ4n) is 4.61. The van der Waals surface area contributed by atoms with E-state index in [-0.39, 0.29) is 41.9 Å². The Labute approximate surface area is 206 Å². The normalized spacial score (nSPS) is 17.3. The second kappa shape index (κ2) is 9.00. The van der Waals surface area contributed by atoms with Crippen molar-refractivity contribution in [3.05, 3.63) is 42.2 Å². The van der Waals surface area contributed by atoms with Crippen LogP contribution in [-0.2, 0) is 14.6 Å². The van der Waals surface area contributed by atoms with Crippen LogP contribution in [0.2, 0.25) is 0 Å².